The molecule has 0 saturated carbocycles. The molecule has 2 aromatic carbocycles. The monoisotopic (exact) mass is 464 g/mol. The minimum Gasteiger partial charge on any atom is -0.413 e. The summed E-state index contributed by atoms with van der Waals surface area (Å²) in [5, 5.41) is 9.01. The highest BCUT2D eigenvalue weighted by molar-refractivity contribution is 7.80. The number of imidazole rings is 1. The molecule has 1 fully saturated rings. The number of aryl methyl sites for hydroxylation is 1. The Morgan fingerprint density at radius 1 is 1.21 bits per heavy atom. The van der Waals surface area contributed by atoms with Crippen LogP contribution in [0.1, 0.15) is 11.4 Å². The molecule has 4 aromatic rings. The Bertz CT molecular complexity index is 1410. The van der Waals surface area contributed by atoms with Crippen molar-refractivity contribution in [2.24, 2.45) is 5.73 Å². The molecule has 2 aromatic heterocycles. The van der Waals surface area contributed by atoms with E-state index in [0.717, 1.165) is 35.4 Å². The number of pyridine rings is 1. The van der Waals surface area contributed by atoms with E-state index >= 15 is 0 Å². The molecule has 10 heteroatoms. The van der Waals surface area contributed by atoms with Gasteiger partial charge in [0.15, 0.2) is 0 Å². The molecule has 3 N–H and O–H groups in total. The lowest BCUT2D eigenvalue weighted by Crippen LogP contribution is -2.36. The van der Waals surface area contributed by atoms with Crippen molar-refractivity contribution >= 4 is 50.9 Å². The number of nitrogens with one attached hydrogen (secondary N) is 1. The third kappa shape index (κ3) is 3.87. The molecule has 0 atom stereocenters. The average Bonchev–Trinajstić information content (AvgIpc) is 3.13. The Labute approximate surface area is 194 Å². The second-order valence-corrected chi connectivity index (χ2v) is 8.10. The van der Waals surface area contributed by atoms with Gasteiger partial charge in [0.2, 0.25) is 5.90 Å². The summed E-state index contributed by atoms with van der Waals surface area (Å²) >= 11 is 4.85. The van der Waals surface area contributed by atoms with Crippen molar-refractivity contribution in [2.75, 3.05) is 31.2 Å². The molecular weight excluding hydrogens is 443 g/mol. The lowest BCUT2D eigenvalue weighted by molar-refractivity contribution is 0.122. The van der Waals surface area contributed by atoms with Gasteiger partial charge in [-0.25, -0.2) is 9.37 Å². The molecular formula is C23H21FN6O2S. The first kappa shape index (κ1) is 21.2. The Hall–Kier alpha value is -3.63. The number of halogens is 1. The van der Waals surface area contributed by atoms with Crippen molar-refractivity contribution in [3.63, 3.8) is 0 Å². The van der Waals surface area contributed by atoms with Gasteiger partial charge in [0.05, 0.1) is 35.5 Å². The molecule has 1 saturated heterocycles. The molecule has 0 unspecified atom stereocenters. The van der Waals surface area contributed by atoms with E-state index in [0.29, 0.717) is 35.6 Å². The topological polar surface area (TPSA) is 102 Å². The van der Waals surface area contributed by atoms with Gasteiger partial charge in [-0.15, -0.1) is 0 Å². The van der Waals surface area contributed by atoms with Crippen molar-refractivity contribution in [3.05, 3.63) is 59.8 Å². The minimum absolute atomic E-state index is 0.172. The Balaban J connectivity index is 1.78. The number of nitrogens with two attached hydrogens (primary N) is 1. The highest BCUT2D eigenvalue weighted by atomic mass is 32.1. The molecule has 5 rings (SSSR count). The number of benzene rings is 2. The van der Waals surface area contributed by atoms with Crippen molar-refractivity contribution < 1.29 is 13.9 Å². The van der Waals surface area contributed by atoms with Gasteiger partial charge in [0, 0.05) is 36.4 Å². The van der Waals surface area contributed by atoms with Crippen molar-refractivity contribution in [1.29, 1.82) is 5.41 Å². The van der Waals surface area contributed by atoms with Gasteiger partial charge in [0.1, 0.15) is 17.2 Å². The zero-order valence-electron chi connectivity index (χ0n) is 17.8. The fourth-order valence-corrected chi connectivity index (χ4v) is 4.30. The maximum absolute atomic E-state index is 13.8. The molecule has 1 aliphatic rings. The van der Waals surface area contributed by atoms with Crippen LogP contribution in [0, 0.1) is 18.2 Å². The van der Waals surface area contributed by atoms with Gasteiger partial charge >= 0.3 is 0 Å². The summed E-state index contributed by atoms with van der Waals surface area (Å²) in [5.41, 5.74) is 9.63. The molecule has 0 amide bonds. The quantitative estimate of drug-likeness (QED) is 0.272. The number of hydrogen-bond acceptors (Lipinski definition) is 7. The van der Waals surface area contributed by atoms with Gasteiger partial charge < -0.3 is 20.1 Å². The first-order chi connectivity index (χ1) is 15.9. The number of ether oxygens (including phenoxy) is 2. The number of aromatic nitrogens is 3. The SMILES string of the molecule is Cc1nc2c(C(=N)OC(N)=S)cc(N3CCOCC3)cc2n1-c1ccnc2cc(F)ccc12. The first-order valence-electron chi connectivity index (χ1n) is 10.4. The number of anilines is 1. The normalized spacial score (nSPS) is 14.1. The van der Waals surface area contributed by atoms with E-state index in [1.54, 1.807) is 12.3 Å². The van der Waals surface area contributed by atoms with Gasteiger partial charge in [0.25, 0.3) is 5.17 Å². The molecule has 1 aliphatic heterocycles. The number of rotatable bonds is 3. The molecule has 8 nitrogen and oxygen atoms in total. The van der Waals surface area contributed by atoms with Crippen LogP contribution >= 0.6 is 12.2 Å². The molecule has 33 heavy (non-hydrogen) atoms. The third-order valence-electron chi connectivity index (χ3n) is 5.66. The number of morpholine rings is 1. The van der Waals surface area contributed by atoms with E-state index in [4.69, 9.17) is 37.8 Å². The van der Waals surface area contributed by atoms with Crippen molar-refractivity contribution in [1.82, 2.24) is 14.5 Å². The summed E-state index contributed by atoms with van der Waals surface area (Å²) in [7, 11) is 0. The predicted octanol–water partition coefficient (Wildman–Crippen LogP) is 3.44. The van der Waals surface area contributed by atoms with Crippen LogP contribution in [-0.4, -0.2) is 51.9 Å². The second-order valence-electron chi connectivity index (χ2n) is 7.70. The predicted molar refractivity (Wildman–Crippen MR) is 129 cm³/mol. The fraction of sp³-hybridized carbons (Fsp3) is 0.217. The zero-order valence-corrected chi connectivity index (χ0v) is 18.7. The standard InChI is InChI=1S/C23H21FN6O2S/c1-13-28-21-17(22(25)32-23(26)33)11-15(29-6-8-31-9-7-29)12-20(21)30(13)19-4-5-27-18-10-14(24)2-3-16(18)19/h2-5,10-12,25H,6-9H2,1H3,(H2,26,33). The summed E-state index contributed by atoms with van der Waals surface area (Å²) in [5.74, 6) is 0.179. The van der Waals surface area contributed by atoms with Crippen LogP contribution in [0.5, 0.6) is 0 Å². The summed E-state index contributed by atoms with van der Waals surface area (Å²) < 4.78 is 26.6. The lowest BCUT2D eigenvalue weighted by atomic mass is 10.1. The highest BCUT2D eigenvalue weighted by Gasteiger charge is 2.22. The zero-order chi connectivity index (χ0) is 23.1. The highest BCUT2D eigenvalue weighted by Crippen LogP contribution is 2.32. The van der Waals surface area contributed by atoms with Gasteiger partial charge in [-0.05, 0) is 49.5 Å². The van der Waals surface area contributed by atoms with E-state index in [1.165, 1.54) is 12.1 Å². The largest absolute Gasteiger partial charge is 0.413 e. The molecule has 3 heterocycles. The number of hydrogen-bond donors (Lipinski definition) is 2. The van der Waals surface area contributed by atoms with Crippen LogP contribution in [0.4, 0.5) is 10.1 Å². The van der Waals surface area contributed by atoms with Crippen molar-refractivity contribution in [3.8, 4) is 5.69 Å². The van der Waals surface area contributed by atoms with Gasteiger partial charge in [-0.1, -0.05) is 0 Å². The van der Waals surface area contributed by atoms with E-state index in [1.807, 2.05) is 29.7 Å². The fourth-order valence-electron chi connectivity index (χ4n) is 4.22. The summed E-state index contributed by atoms with van der Waals surface area (Å²) in [6.45, 7) is 4.56. The maximum Gasteiger partial charge on any atom is 0.260 e. The Morgan fingerprint density at radius 3 is 2.76 bits per heavy atom. The Kier molecular flexibility index (Phi) is 5.39. The summed E-state index contributed by atoms with van der Waals surface area (Å²) in [6, 6.07) is 10.3. The van der Waals surface area contributed by atoms with Crippen LogP contribution in [-0.2, 0) is 9.47 Å². The first-order valence-corrected chi connectivity index (χ1v) is 10.8. The van der Waals surface area contributed by atoms with E-state index in [-0.39, 0.29) is 16.9 Å². The molecule has 0 bridgehead atoms. The van der Waals surface area contributed by atoms with Crippen LogP contribution < -0.4 is 10.6 Å². The lowest BCUT2D eigenvalue weighted by Gasteiger charge is -2.29. The van der Waals surface area contributed by atoms with Crippen molar-refractivity contribution in [2.45, 2.75) is 6.92 Å². The third-order valence-corrected chi connectivity index (χ3v) is 5.74. The number of thiocarbonyl (C=S) groups is 1. The van der Waals surface area contributed by atoms with Crippen LogP contribution in [0.2, 0.25) is 0 Å². The average molecular weight is 465 g/mol. The second kappa shape index (κ2) is 8.38. The van der Waals surface area contributed by atoms with Gasteiger partial charge in [-0.2, -0.15) is 0 Å². The Morgan fingerprint density at radius 2 is 2.00 bits per heavy atom. The maximum atomic E-state index is 13.8. The summed E-state index contributed by atoms with van der Waals surface area (Å²) in [6.07, 6.45) is 1.65. The molecule has 0 spiro atoms. The summed E-state index contributed by atoms with van der Waals surface area (Å²) in [4.78, 5) is 11.3. The minimum atomic E-state index is -0.348. The smallest absolute Gasteiger partial charge is 0.260 e. The van der Waals surface area contributed by atoms with Crippen LogP contribution in [0.3, 0.4) is 0 Å². The van der Waals surface area contributed by atoms with Crippen LogP contribution in [0.25, 0.3) is 27.6 Å². The van der Waals surface area contributed by atoms with E-state index in [9.17, 15) is 4.39 Å². The molecule has 168 valence electrons. The molecule has 0 aliphatic carbocycles. The number of nitrogens with zero attached hydrogens (tertiary/aromatic N) is 4. The van der Waals surface area contributed by atoms with E-state index < -0.39 is 0 Å². The van der Waals surface area contributed by atoms with Crippen LogP contribution in [0.15, 0.2) is 42.6 Å². The molecule has 0 radical (unpaired) electrons. The van der Waals surface area contributed by atoms with Gasteiger partial charge in [-0.3, -0.25) is 15.0 Å². The number of fused-ring (bicyclic) bond motifs is 2. The van der Waals surface area contributed by atoms with E-state index in [2.05, 4.69) is 9.88 Å².